The molecule has 1 aromatic heterocycles. The lowest BCUT2D eigenvalue weighted by molar-refractivity contribution is -0.116. The molecular weight excluding hydrogens is 349 g/mol. The van der Waals surface area contributed by atoms with Crippen molar-refractivity contribution in [1.29, 1.82) is 0 Å². The highest BCUT2D eigenvalue weighted by atomic mass is 19.1. The van der Waals surface area contributed by atoms with E-state index in [2.05, 4.69) is 15.5 Å². The van der Waals surface area contributed by atoms with E-state index >= 15 is 0 Å². The highest BCUT2D eigenvalue weighted by Gasteiger charge is 2.11. The highest BCUT2D eigenvalue weighted by molar-refractivity contribution is 5.90. The summed E-state index contributed by atoms with van der Waals surface area (Å²) in [6.45, 7) is 3.91. The van der Waals surface area contributed by atoms with Gasteiger partial charge >= 0.3 is 0 Å². The maximum absolute atomic E-state index is 13.0. The van der Waals surface area contributed by atoms with Crippen molar-refractivity contribution in [1.82, 2.24) is 10.2 Å². The van der Waals surface area contributed by atoms with E-state index in [0.29, 0.717) is 29.5 Å². The lowest BCUT2D eigenvalue weighted by atomic mass is 10.2. The number of carbonyl (C=O) groups is 1. The van der Waals surface area contributed by atoms with E-state index in [4.69, 9.17) is 9.15 Å². The summed E-state index contributed by atoms with van der Waals surface area (Å²) in [4.78, 5) is 12.1. The quantitative estimate of drug-likeness (QED) is 0.674. The molecule has 0 aliphatic heterocycles. The molecule has 1 N–H and O–H groups in total. The lowest BCUT2D eigenvalue weighted by Gasteiger charge is -2.10. The van der Waals surface area contributed by atoms with Crippen molar-refractivity contribution in [3.05, 3.63) is 60.2 Å². The third-order valence-corrected chi connectivity index (χ3v) is 3.63. The second-order valence-electron chi connectivity index (χ2n) is 6.25. The summed E-state index contributed by atoms with van der Waals surface area (Å²) in [7, 11) is 0. The Morgan fingerprint density at radius 1 is 1.11 bits per heavy atom. The zero-order valence-electron chi connectivity index (χ0n) is 15.1. The molecule has 7 heteroatoms. The van der Waals surface area contributed by atoms with Gasteiger partial charge in [-0.15, -0.1) is 10.2 Å². The first-order valence-corrected chi connectivity index (χ1v) is 8.64. The number of rotatable bonds is 7. The number of aryl methyl sites for hydroxylation is 1. The van der Waals surface area contributed by atoms with E-state index in [9.17, 15) is 9.18 Å². The fourth-order valence-electron chi connectivity index (χ4n) is 2.40. The van der Waals surface area contributed by atoms with Gasteiger partial charge in [-0.2, -0.15) is 0 Å². The fourth-order valence-corrected chi connectivity index (χ4v) is 2.40. The van der Waals surface area contributed by atoms with Gasteiger partial charge in [0.2, 0.25) is 17.7 Å². The second kappa shape index (κ2) is 8.44. The smallest absolute Gasteiger partial charge is 0.247 e. The van der Waals surface area contributed by atoms with E-state index in [0.717, 1.165) is 5.75 Å². The van der Waals surface area contributed by atoms with E-state index in [1.807, 2.05) is 26.0 Å². The van der Waals surface area contributed by atoms with E-state index in [1.165, 1.54) is 12.1 Å². The van der Waals surface area contributed by atoms with Gasteiger partial charge in [0.15, 0.2) is 0 Å². The SMILES string of the molecule is CC(C)Oc1ccc(NC(=O)CCc2nnc(-c3ccc(F)cc3)o2)cc1. The number of amides is 1. The van der Waals surface area contributed by atoms with Crippen LogP contribution in [0.4, 0.5) is 10.1 Å². The molecule has 6 nitrogen and oxygen atoms in total. The predicted molar refractivity (Wildman–Crippen MR) is 98.8 cm³/mol. The number of benzene rings is 2. The summed E-state index contributed by atoms with van der Waals surface area (Å²) >= 11 is 0. The second-order valence-corrected chi connectivity index (χ2v) is 6.25. The predicted octanol–water partition coefficient (Wildman–Crippen LogP) is 4.23. The number of aromatic nitrogens is 2. The van der Waals surface area contributed by atoms with E-state index in [1.54, 1.807) is 24.3 Å². The van der Waals surface area contributed by atoms with Crippen LogP contribution in [0.3, 0.4) is 0 Å². The molecule has 0 aliphatic rings. The summed E-state index contributed by atoms with van der Waals surface area (Å²) in [6.07, 6.45) is 0.615. The maximum atomic E-state index is 13.0. The number of carbonyl (C=O) groups excluding carboxylic acids is 1. The Morgan fingerprint density at radius 3 is 2.48 bits per heavy atom. The summed E-state index contributed by atoms with van der Waals surface area (Å²) in [6, 6.07) is 13.0. The van der Waals surface area contributed by atoms with E-state index in [-0.39, 0.29) is 24.2 Å². The summed E-state index contributed by atoms with van der Waals surface area (Å²) in [5.41, 5.74) is 1.32. The van der Waals surface area contributed by atoms with Crippen molar-refractivity contribution in [2.24, 2.45) is 0 Å². The van der Waals surface area contributed by atoms with Crippen LogP contribution >= 0.6 is 0 Å². The molecule has 3 rings (SSSR count). The number of halogens is 1. The molecule has 0 saturated carbocycles. The average molecular weight is 369 g/mol. The van der Waals surface area contributed by atoms with Crippen LogP contribution in [0.15, 0.2) is 52.9 Å². The van der Waals surface area contributed by atoms with Gasteiger partial charge in [0, 0.05) is 24.1 Å². The minimum absolute atomic E-state index is 0.0969. The Bertz CT molecular complexity index is 890. The molecule has 2 aromatic carbocycles. The molecule has 0 aliphatic carbocycles. The molecule has 0 unspecified atom stereocenters. The highest BCUT2D eigenvalue weighted by Crippen LogP contribution is 2.19. The molecule has 0 radical (unpaired) electrons. The van der Waals surface area contributed by atoms with E-state index < -0.39 is 0 Å². The molecule has 0 saturated heterocycles. The van der Waals surface area contributed by atoms with Gasteiger partial charge in [0.25, 0.3) is 0 Å². The molecule has 27 heavy (non-hydrogen) atoms. The summed E-state index contributed by atoms with van der Waals surface area (Å²) in [5, 5.41) is 10.7. The fraction of sp³-hybridized carbons (Fsp3) is 0.250. The van der Waals surface area contributed by atoms with Crippen LogP contribution in [-0.4, -0.2) is 22.2 Å². The van der Waals surface area contributed by atoms with Gasteiger partial charge in [-0.25, -0.2) is 4.39 Å². The van der Waals surface area contributed by atoms with Gasteiger partial charge < -0.3 is 14.5 Å². The molecule has 1 amide bonds. The largest absolute Gasteiger partial charge is 0.491 e. The topological polar surface area (TPSA) is 77.2 Å². The van der Waals surface area contributed by atoms with Crippen LogP contribution in [0.1, 0.15) is 26.2 Å². The number of nitrogens with one attached hydrogen (secondary N) is 1. The molecule has 0 spiro atoms. The number of anilines is 1. The summed E-state index contributed by atoms with van der Waals surface area (Å²) < 4.78 is 24.0. The van der Waals surface area contributed by atoms with Crippen LogP contribution in [0.25, 0.3) is 11.5 Å². The van der Waals surface area contributed by atoms with Crippen molar-refractivity contribution in [2.75, 3.05) is 5.32 Å². The van der Waals surface area contributed by atoms with Gasteiger partial charge in [-0.3, -0.25) is 4.79 Å². The Morgan fingerprint density at radius 2 is 1.81 bits per heavy atom. The van der Waals surface area contributed by atoms with Gasteiger partial charge in [0.1, 0.15) is 11.6 Å². The van der Waals surface area contributed by atoms with Crippen molar-refractivity contribution < 1.29 is 18.3 Å². The molecule has 0 bridgehead atoms. The van der Waals surface area contributed by atoms with Crippen molar-refractivity contribution in [2.45, 2.75) is 32.8 Å². The van der Waals surface area contributed by atoms with Crippen LogP contribution in [-0.2, 0) is 11.2 Å². The van der Waals surface area contributed by atoms with Crippen molar-refractivity contribution >= 4 is 11.6 Å². The van der Waals surface area contributed by atoms with Crippen LogP contribution in [0.2, 0.25) is 0 Å². The standard InChI is InChI=1S/C20H20FN3O3/c1-13(2)26-17-9-7-16(8-10-17)22-18(25)11-12-19-23-24-20(27-19)14-3-5-15(21)6-4-14/h3-10,13H,11-12H2,1-2H3,(H,22,25). The molecule has 3 aromatic rings. The van der Waals surface area contributed by atoms with Crippen LogP contribution in [0, 0.1) is 5.82 Å². The van der Waals surface area contributed by atoms with Crippen molar-refractivity contribution in [3.63, 3.8) is 0 Å². The molecule has 0 atom stereocenters. The lowest BCUT2D eigenvalue weighted by Crippen LogP contribution is -2.12. The Balaban J connectivity index is 1.51. The summed E-state index contributed by atoms with van der Waals surface area (Å²) in [5.74, 6) is 0.909. The Hall–Kier alpha value is -3.22. The molecule has 1 heterocycles. The maximum Gasteiger partial charge on any atom is 0.247 e. The Labute approximate surface area is 156 Å². The Kier molecular flexibility index (Phi) is 5.80. The normalized spacial score (nSPS) is 10.8. The number of nitrogens with zero attached hydrogens (tertiary/aromatic N) is 2. The number of hydrogen-bond acceptors (Lipinski definition) is 5. The molecule has 0 fully saturated rings. The van der Waals surface area contributed by atoms with Gasteiger partial charge in [0.05, 0.1) is 6.10 Å². The average Bonchev–Trinajstić information content (AvgIpc) is 3.11. The third kappa shape index (κ3) is 5.37. The number of hydrogen-bond donors (Lipinski definition) is 1. The first kappa shape index (κ1) is 18.6. The monoisotopic (exact) mass is 369 g/mol. The first-order valence-electron chi connectivity index (χ1n) is 8.64. The van der Waals surface area contributed by atoms with Crippen LogP contribution < -0.4 is 10.1 Å². The zero-order valence-corrected chi connectivity index (χ0v) is 15.1. The first-order chi connectivity index (χ1) is 13.0. The van der Waals surface area contributed by atoms with Gasteiger partial charge in [-0.05, 0) is 62.4 Å². The molecular formula is C20H20FN3O3. The van der Waals surface area contributed by atoms with Crippen LogP contribution in [0.5, 0.6) is 5.75 Å². The minimum atomic E-state index is -0.334. The van der Waals surface area contributed by atoms with Crippen molar-refractivity contribution in [3.8, 4) is 17.2 Å². The zero-order chi connectivity index (χ0) is 19.2. The van der Waals surface area contributed by atoms with Gasteiger partial charge in [-0.1, -0.05) is 0 Å². The third-order valence-electron chi connectivity index (χ3n) is 3.63. The minimum Gasteiger partial charge on any atom is -0.491 e. The number of ether oxygens (including phenoxy) is 1. The molecule has 140 valence electrons.